The average Bonchev–Trinajstić information content (AvgIpc) is 3.18. The fourth-order valence-corrected chi connectivity index (χ4v) is 3.54. The van der Waals surface area contributed by atoms with Crippen LogP contribution in [0.2, 0.25) is 0 Å². The van der Waals surface area contributed by atoms with Crippen LogP contribution in [-0.4, -0.2) is 42.5 Å². The first kappa shape index (κ1) is 21.2. The Morgan fingerprint density at radius 3 is 2.71 bits per heavy atom. The van der Waals surface area contributed by atoms with E-state index in [-0.39, 0.29) is 30.7 Å². The number of hydrogen-bond acceptors (Lipinski definition) is 3. The summed E-state index contributed by atoms with van der Waals surface area (Å²) in [6.07, 6.45) is 5.18. The molecule has 1 aromatic carbocycles. The number of benzene rings is 1. The maximum atomic E-state index is 12.1. The molecule has 24 heavy (non-hydrogen) atoms. The van der Waals surface area contributed by atoms with E-state index in [0.717, 1.165) is 39.0 Å². The SMILES string of the molecule is Cl.Cl.O=C(CCC1CCCN1)NC1CCN(Cc2ccccc2)C1. The highest BCUT2D eigenvalue weighted by atomic mass is 35.5. The van der Waals surface area contributed by atoms with Crippen LogP contribution < -0.4 is 10.6 Å². The monoisotopic (exact) mass is 373 g/mol. The summed E-state index contributed by atoms with van der Waals surface area (Å²) in [6.45, 7) is 4.15. The average molecular weight is 374 g/mol. The van der Waals surface area contributed by atoms with Crippen molar-refractivity contribution in [3.63, 3.8) is 0 Å². The fourth-order valence-electron chi connectivity index (χ4n) is 3.54. The lowest BCUT2D eigenvalue weighted by molar-refractivity contribution is -0.121. The predicted octanol–water partition coefficient (Wildman–Crippen LogP) is 2.75. The molecule has 1 aromatic rings. The van der Waals surface area contributed by atoms with Gasteiger partial charge < -0.3 is 10.6 Å². The zero-order chi connectivity index (χ0) is 15.2. The minimum Gasteiger partial charge on any atom is -0.352 e. The molecule has 2 aliphatic rings. The zero-order valence-corrected chi connectivity index (χ0v) is 15.7. The number of carbonyl (C=O) groups excluding carboxylic acids is 1. The van der Waals surface area contributed by atoms with Crippen LogP contribution in [0.4, 0.5) is 0 Å². The molecule has 1 amide bonds. The van der Waals surface area contributed by atoms with E-state index in [4.69, 9.17) is 0 Å². The van der Waals surface area contributed by atoms with Gasteiger partial charge >= 0.3 is 0 Å². The summed E-state index contributed by atoms with van der Waals surface area (Å²) in [6, 6.07) is 11.4. The second kappa shape index (κ2) is 10.9. The number of likely N-dealkylation sites (tertiary alicyclic amines) is 1. The van der Waals surface area contributed by atoms with Gasteiger partial charge in [-0.15, -0.1) is 24.8 Å². The lowest BCUT2D eigenvalue weighted by atomic mass is 10.1. The van der Waals surface area contributed by atoms with Gasteiger partial charge in [-0.2, -0.15) is 0 Å². The van der Waals surface area contributed by atoms with Gasteiger partial charge in [-0.05, 0) is 37.8 Å². The van der Waals surface area contributed by atoms with Gasteiger partial charge in [0.05, 0.1) is 0 Å². The third kappa shape index (κ3) is 6.60. The Labute approximate surface area is 157 Å². The molecule has 136 valence electrons. The van der Waals surface area contributed by atoms with Gasteiger partial charge in [0.1, 0.15) is 0 Å². The smallest absolute Gasteiger partial charge is 0.220 e. The molecule has 6 heteroatoms. The van der Waals surface area contributed by atoms with E-state index in [1.54, 1.807) is 0 Å². The molecule has 0 radical (unpaired) electrons. The summed E-state index contributed by atoms with van der Waals surface area (Å²) >= 11 is 0. The standard InChI is InChI=1S/C18H27N3O.2ClH/c22-18(9-8-16-7-4-11-19-16)20-17-10-12-21(14-17)13-15-5-2-1-3-6-15;;/h1-3,5-6,16-17,19H,4,7-14H2,(H,20,22);2*1H. The van der Waals surface area contributed by atoms with Gasteiger partial charge in [0.15, 0.2) is 0 Å². The molecule has 2 saturated heterocycles. The summed E-state index contributed by atoms with van der Waals surface area (Å²) in [5.41, 5.74) is 1.35. The highest BCUT2D eigenvalue weighted by Crippen LogP contribution is 2.14. The highest BCUT2D eigenvalue weighted by Gasteiger charge is 2.24. The van der Waals surface area contributed by atoms with Crippen LogP contribution >= 0.6 is 24.8 Å². The van der Waals surface area contributed by atoms with Crippen molar-refractivity contribution in [2.24, 2.45) is 0 Å². The van der Waals surface area contributed by atoms with Crippen molar-refractivity contribution in [3.05, 3.63) is 35.9 Å². The van der Waals surface area contributed by atoms with Crippen molar-refractivity contribution in [1.29, 1.82) is 0 Å². The van der Waals surface area contributed by atoms with Gasteiger partial charge in [0.25, 0.3) is 0 Å². The number of amides is 1. The summed E-state index contributed by atoms with van der Waals surface area (Å²) in [5.74, 6) is 0.222. The number of hydrogen-bond donors (Lipinski definition) is 2. The second-order valence-corrected chi connectivity index (χ2v) is 6.61. The first-order valence-corrected chi connectivity index (χ1v) is 8.58. The van der Waals surface area contributed by atoms with E-state index < -0.39 is 0 Å². The van der Waals surface area contributed by atoms with Crippen molar-refractivity contribution in [2.45, 2.75) is 50.7 Å². The fraction of sp³-hybridized carbons (Fsp3) is 0.611. The number of nitrogens with zero attached hydrogens (tertiary/aromatic N) is 1. The zero-order valence-electron chi connectivity index (χ0n) is 14.1. The molecular formula is C18H29Cl2N3O. The maximum Gasteiger partial charge on any atom is 0.220 e. The third-order valence-electron chi connectivity index (χ3n) is 4.77. The largest absolute Gasteiger partial charge is 0.352 e. The van der Waals surface area contributed by atoms with Crippen molar-refractivity contribution < 1.29 is 4.79 Å². The van der Waals surface area contributed by atoms with Crippen LogP contribution in [0.25, 0.3) is 0 Å². The quantitative estimate of drug-likeness (QED) is 0.805. The molecule has 0 bridgehead atoms. The molecule has 2 aliphatic heterocycles. The Balaban J connectivity index is 0.00000144. The van der Waals surface area contributed by atoms with Crippen molar-refractivity contribution in [3.8, 4) is 0 Å². The number of carbonyl (C=O) groups is 1. The molecule has 2 fully saturated rings. The number of nitrogens with one attached hydrogen (secondary N) is 2. The molecule has 2 unspecified atom stereocenters. The molecule has 2 atom stereocenters. The van der Waals surface area contributed by atoms with Gasteiger partial charge in [-0.25, -0.2) is 0 Å². The Hall–Kier alpha value is -0.810. The molecular weight excluding hydrogens is 345 g/mol. The first-order chi connectivity index (χ1) is 10.8. The van der Waals surface area contributed by atoms with E-state index in [9.17, 15) is 4.79 Å². The maximum absolute atomic E-state index is 12.1. The first-order valence-electron chi connectivity index (χ1n) is 8.58. The van der Waals surface area contributed by atoms with Crippen molar-refractivity contribution >= 4 is 30.7 Å². The molecule has 3 rings (SSSR count). The lowest BCUT2D eigenvalue weighted by Gasteiger charge is -2.17. The molecule has 0 aromatic heterocycles. The summed E-state index contributed by atoms with van der Waals surface area (Å²) in [4.78, 5) is 14.5. The molecule has 2 N–H and O–H groups in total. The van der Waals surface area contributed by atoms with Gasteiger partial charge in [0.2, 0.25) is 5.91 Å². The van der Waals surface area contributed by atoms with Crippen molar-refractivity contribution in [1.82, 2.24) is 15.5 Å². The Kier molecular flexibility index (Phi) is 9.67. The van der Waals surface area contributed by atoms with E-state index in [1.165, 1.54) is 18.4 Å². The summed E-state index contributed by atoms with van der Waals surface area (Å²) in [7, 11) is 0. The van der Waals surface area contributed by atoms with Gasteiger partial charge in [0, 0.05) is 38.1 Å². The Bertz CT molecular complexity index is 480. The molecule has 2 heterocycles. The van der Waals surface area contributed by atoms with Crippen LogP contribution in [0.3, 0.4) is 0 Å². The van der Waals surface area contributed by atoms with Crippen LogP contribution in [-0.2, 0) is 11.3 Å². The summed E-state index contributed by atoms with van der Waals surface area (Å²) in [5, 5.41) is 6.66. The van der Waals surface area contributed by atoms with Crippen LogP contribution in [0.15, 0.2) is 30.3 Å². The molecule has 0 aliphatic carbocycles. The molecule has 4 nitrogen and oxygen atoms in total. The van der Waals surface area contributed by atoms with Crippen LogP contribution in [0.5, 0.6) is 0 Å². The van der Waals surface area contributed by atoms with Gasteiger partial charge in [-0.3, -0.25) is 9.69 Å². The Morgan fingerprint density at radius 1 is 1.21 bits per heavy atom. The third-order valence-corrected chi connectivity index (χ3v) is 4.77. The van der Waals surface area contributed by atoms with E-state index >= 15 is 0 Å². The topological polar surface area (TPSA) is 44.4 Å². The number of rotatable bonds is 6. The minimum absolute atomic E-state index is 0. The predicted molar refractivity (Wildman–Crippen MR) is 103 cm³/mol. The number of halogens is 2. The normalized spacial score (nSPS) is 23.3. The molecule has 0 saturated carbocycles. The van der Waals surface area contributed by atoms with Crippen LogP contribution in [0.1, 0.15) is 37.7 Å². The van der Waals surface area contributed by atoms with E-state index in [0.29, 0.717) is 18.5 Å². The van der Waals surface area contributed by atoms with Gasteiger partial charge in [-0.1, -0.05) is 30.3 Å². The second-order valence-electron chi connectivity index (χ2n) is 6.61. The summed E-state index contributed by atoms with van der Waals surface area (Å²) < 4.78 is 0. The lowest BCUT2D eigenvalue weighted by Crippen LogP contribution is -2.37. The molecule has 0 spiro atoms. The minimum atomic E-state index is 0. The van der Waals surface area contributed by atoms with Crippen LogP contribution in [0, 0.1) is 0 Å². The Morgan fingerprint density at radius 2 is 2.00 bits per heavy atom. The van der Waals surface area contributed by atoms with Crippen molar-refractivity contribution in [2.75, 3.05) is 19.6 Å². The highest BCUT2D eigenvalue weighted by molar-refractivity contribution is 5.85. The van der Waals surface area contributed by atoms with E-state index in [1.807, 2.05) is 0 Å². The van der Waals surface area contributed by atoms with E-state index in [2.05, 4.69) is 45.9 Å².